The maximum atomic E-state index is 12.3. The summed E-state index contributed by atoms with van der Waals surface area (Å²) in [7, 11) is -3.42. The Hall–Kier alpha value is -2.54. The molecule has 0 atom stereocenters. The standard InChI is InChI=1S/C24H33N3O3S/c1-19-15-20(2)17-23(16-19)27(31(3,29)30)14-6-7-24(28)25-18-21-8-10-22(11-9-21)26-12-4-5-13-26/h8-11,15-17H,4-7,12-14,18H2,1-3H3,(H,25,28). The predicted molar refractivity (Wildman–Crippen MR) is 127 cm³/mol. The summed E-state index contributed by atoms with van der Waals surface area (Å²) in [6.07, 6.45) is 4.44. The number of nitrogens with one attached hydrogen (secondary N) is 1. The number of carbonyl (C=O) groups excluding carboxylic acids is 1. The molecule has 3 rings (SSSR count). The van der Waals surface area contributed by atoms with E-state index < -0.39 is 10.0 Å². The van der Waals surface area contributed by atoms with Crippen LogP contribution in [-0.4, -0.2) is 40.2 Å². The Morgan fingerprint density at radius 3 is 2.23 bits per heavy atom. The van der Waals surface area contributed by atoms with Gasteiger partial charge in [0.15, 0.2) is 0 Å². The minimum Gasteiger partial charge on any atom is -0.372 e. The summed E-state index contributed by atoms with van der Waals surface area (Å²) in [5.41, 5.74) is 4.97. The molecule has 168 valence electrons. The number of amides is 1. The van der Waals surface area contributed by atoms with Gasteiger partial charge in [-0.05, 0) is 74.1 Å². The summed E-state index contributed by atoms with van der Waals surface area (Å²) in [6.45, 7) is 6.88. The minimum atomic E-state index is -3.42. The fraction of sp³-hybridized carbons (Fsp3) is 0.458. The highest BCUT2D eigenvalue weighted by Gasteiger charge is 2.18. The zero-order chi connectivity index (χ0) is 22.4. The van der Waals surface area contributed by atoms with Crippen molar-refractivity contribution in [3.8, 4) is 0 Å². The van der Waals surface area contributed by atoms with Gasteiger partial charge in [0.1, 0.15) is 0 Å². The number of anilines is 2. The third-order valence-electron chi connectivity index (χ3n) is 5.56. The molecule has 1 aliphatic rings. The highest BCUT2D eigenvalue weighted by molar-refractivity contribution is 7.92. The summed E-state index contributed by atoms with van der Waals surface area (Å²) in [6, 6.07) is 14.1. The summed E-state index contributed by atoms with van der Waals surface area (Å²) in [5, 5.41) is 2.94. The van der Waals surface area contributed by atoms with Crippen molar-refractivity contribution in [2.75, 3.05) is 35.1 Å². The molecule has 1 fully saturated rings. The molecule has 0 aromatic heterocycles. The Labute approximate surface area is 186 Å². The molecule has 2 aromatic carbocycles. The lowest BCUT2D eigenvalue weighted by atomic mass is 10.1. The first kappa shape index (κ1) is 23.1. The first-order valence-electron chi connectivity index (χ1n) is 10.9. The fourth-order valence-corrected chi connectivity index (χ4v) is 5.00. The number of aryl methyl sites for hydroxylation is 2. The van der Waals surface area contributed by atoms with E-state index in [-0.39, 0.29) is 18.9 Å². The van der Waals surface area contributed by atoms with Crippen molar-refractivity contribution in [3.63, 3.8) is 0 Å². The van der Waals surface area contributed by atoms with E-state index >= 15 is 0 Å². The third kappa shape index (κ3) is 6.72. The van der Waals surface area contributed by atoms with Crippen LogP contribution in [0, 0.1) is 13.8 Å². The van der Waals surface area contributed by atoms with Crippen molar-refractivity contribution in [3.05, 3.63) is 59.2 Å². The third-order valence-corrected chi connectivity index (χ3v) is 6.75. The van der Waals surface area contributed by atoms with E-state index in [1.807, 2.05) is 32.0 Å². The second-order valence-corrected chi connectivity index (χ2v) is 10.3. The molecule has 0 saturated carbocycles. The van der Waals surface area contributed by atoms with Gasteiger partial charge in [-0.25, -0.2) is 8.42 Å². The highest BCUT2D eigenvalue weighted by atomic mass is 32.2. The van der Waals surface area contributed by atoms with Gasteiger partial charge < -0.3 is 10.2 Å². The first-order chi connectivity index (χ1) is 14.7. The van der Waals surface area contributed by atoms with Gasteiger partial charge in [-0.2, -0.15) is 0 Å². The zero-order valence-electron chi connectivity index (χ0n) is 18.7. The predicted octanol–water partition coefficient (Wildman–Crippen LogP) is 3.77. The second-order valence-electron chi connectivity index (χ2n) is 8.42. The SMILES string of the molecule is Cc1cc(C)cc(N(CCCC(=O)NCc2ccc(N3CCCC3)cc2)S(C)(=O)=O)c1. The van der Waals surface area contributed by atoms with Gasteiger partial charge in [-0.3, -0.25) is 9.10 Å². The molecule has 31 heavy (non-hydrogen) atoms. The molecule has 0 radical (unpaired) electrons. The maximum absolute atomic E-state index is 12.3. The molecular weight excluding hydrogens is 410 g/mol. The van der Waals surface area contributed by atoms with Crippen LogP contribution in [0.3, 0.4) is 0 Å². The average Bonchev–Trinajstić information content (AvgIpc) is 3.23. The number of hydrogen-bond acceptors (Lipinski definition) is 4. The molecule has 7 heteroatoms. The van der Waals surface area contributed by atoms with E-state index in [4.69, 9.17) is 0 Å². The lowest BCUT2D eigenvalue weighted by Gasteiger charge is -2.23. The Kier molecular flexibility index (Phi) is 7.59. The molecule has 1 heterocycles. The van der Waals surface area contributed by atoms with Crippen molar-refractivity contribution >= 4 is 27.3 Å². The number of rotatable bonds is 9. The molecule has 1 N–H and O–H groups in total. The molecule has 0 bridgehead atoms. The van der Waals surface area contributed by atoms with E-state index in [1.54, 1.807) is 0 Å². The fourth-order valence-electron chi connectivity index (χ4n) is 4.05. The monoisotopic (exact) mass is 443 g/mol. The molecule has 1 saturated heterocycles. The average molecular weight is 444 g/mol. The van der Waals surface area contributed by atoms with Gasteiger partial charge in [-0.15, -0.1) is 0 Å². The van der Waals surface area contributed by atoms with Crippen LogP contribution in [0.5, 0.6) is 0 Å². The molecule has 1 aliphatic heterocycles. The van der Waals surface area contributed by atoms with Crippen LogP contribution in [-0.2, 0) is 21.4 Å². The summed E-state index contributed by atoms with van der Waals surface area (Å²) >= 11 is 0. The van der Waals surface area contributed by atoms with E-state index in [0.717, 1.165) is 29.8 Å². The number of hydrogen-bond donors (Lipinski definition) is 1. The molecule has 0 unspecified atom stereocenters. The molecule has 0 aliphatic carbocycles. The number of nitrogens with zero attached hydrogens (tertiary/aromatic N) is 2. The van der Waals surface area contributed by atoms with E-state index in [2.05, 4.69) is 34.5 Å². The number of benzene rings is 2. The smallest absolute Gasteiger partial charge is 0.232 e. The molecule has 2 aromatic rings. The van der Waals surface area contributed by atoms with Gasteiger partial charge in [-0.1, -0.05) is 18.2 Å². The van der Waals surface area contributed by atoms with Crippen LogP contribution in [0.25, 0.3) is 0 Å². The largest absolute Gasteiger partial charge is 0.372 e. The van der Waals surface area contributed by atoms with Crippen LogP contribution >= 0.6 is 0 Å². The zero-order valence-corrected chi connectivity index (χ0v) is 19.5. The Balaban J connectivity index is 1.49. The minimum absolute atomic E-state index is 0.0718. The summed E-state index contributed by atoms with van der Waals surface area (Å²) < 4.78 is 26.0. The van der Waals surface area contributed by atoms with Crippen molar-refractivity contribution in [1.82, 2.24) is 5.32 Å². The lowest BCUT2D eigenvalue weighted by molar-refractivity contribution is -0.121. The van der Waals surface area contributed by atoms with E-state index in [1.165, 1.54) is 29.1 Å². The highest BCUT2D eigenvalue weighted by Crippen LogP contribution is 2.22. The lowest BCUT2D eigenvalue weighted by Crippen LogP contribution is -2.32. The van der Waals surface area contributed by atoms with Gasteiger partial charge >= 0.3 is 0 Å². The number of sulfonamides is 1. The second kappa shape index (κ2) is 10.2. The normalized spacial score (nSPS) is 14.0. The van der Waals surface area contributed by atoms with Crippen molar-refractivity contribution in [1.29, 1.82) is 0 Å². The van der Waals surface area contributed by atoms with Crippen LogP contribution in [0.1, 0.15) is 42.4 Å². The Bertz CT molecular complexity index is 977. The summed E-state index contributed by atoms with van der Waals surface area (Å²) in [4.78, 5) is 14.7. The van der Waals surface area contributed by atoms with Crippen LogP contribution in [0.4, 0.5) is 11.4 Å². The molecule has 0 spiro atoms. The van der Waals surface area contributed by atoms with E-state index in [0.29, 0.717) is 18.7 Å². The number of carbonyl (C=O) groups is 1. The quantitative estimate of drug-likeness (QED) is 0.641. The van der Waals surface area contributed by atoms with Gasteiger partial charge in [0.05, 0.1) is 11.9 Å². The van der Waals surface area contributed by atoms with Crippen molar-refractivity contribution in [2.24, 2.45) is 0 Å². The first-order valence-corrected chi connectivity index (χ1v) is 12.7. The van der Waals surface area contributed by atoms with Gasteiger partial charge in [0.25, 0.3) is 0 Å². The molecular formula is C24H33N3O3S. The summed E-state index contributed by atoms with van der Waals surface area (Å²) in [5.74, 6) is -0.0718. The Morgan fingerprint density at radius 1 is 1.03 bits per heavy atom. The van der Waals surface area contributed by atoms with Gasteiger partial charge in [0.2, 0.25) is 15.9 Å². The van der Waals surface area contributed by atoms with Crippen molar-refractivity contribution < 1.29 is 13.2 Å². The molecule has 6 nitrogen and oxygen atoms in total. The van der Waals surface area contributed by atoms with E-state index in [9.17, 15) is 13.2 Å². The maximum Gasteiger partial charge on any atom is 0.232 e. The van der Waals surface area contributed by atoms with Crippen LogP contribution < -0.4 is 14.5 Å². The molecule has 1 amide bonds. The Morgan fingerprint density at radius 2 is 1.65 bits per heavy atom. The van der Waals surface area contributed by atoms with Crippen molar-refractivity contribution in [2.45, 2.75) is 46.1 Å². The topological polar surface area (TPSA) is 69.7 Å². The van der Waals surface area contributed by atoms with Crippen LogP contribution in [0.2, 0.25) is 0 Å². The van der Waals surface area contributed by atoms with Crippen LogP contribution in [0.15, 0.2) is 42.5 Å². The van der Waals surface area contributed by atoms with Gasteiger partial charge in [0, 0.05) is 38.3 Å².